The van der Waals surface area contributed by atoms with Gasteiger partial charge in [-0.3, -0.25) is 4.90 Å². The van der Waals surface area contributed by atoms with E-state index in [1.807, 2.05) is 7.11 Å². The molecule has 0 heterocycles. The molecule has 0 saturated heterocycles. The molecule has 2 aliphatic carbocycles. The zero-order chi connectivity index (χ0) is 15.5. The number of nitrogens with zero attached hydrogens (tertiary/aromatic N) is 1. The molecule has 21 heavy (non-hydrogen) atoms. The second kappa shape index (κ2) is 7.43. The van der Waals surface area contributed by atoms with Crippen LogP contribution in [0.3, 0.4) is 0 Å². The number of nitrogens with two attached hydrogens (primary N) is 1. The van der Waals surface area contributed by atoms with E-state index < -0.39 is 0 Å². The number of rotatable bonds is 8. The van der Waals surface area contributed by atoms with Crippen molar-refractivity contribution >= 4 is 0 Å². The Morgan fingerprint density at radius 3 is 2.43 bits per heavy atom. The molecule has 0 aromatic heterocycles. The van der Waals surface area contributed by atoms with Gasteiger partial charge in [0.2, 0.25) is 0 Å². The van der Waals surface area contributed by atoms with E-state index in [2.05, 4.69) is 25.7 Å². The molecule has 0 aliphatic heterocycles. The van der Waals surface area contributed by atoms with Gasteiger partial charge in [-0.05, 0) is 50.4 Å². The first kappa shape index (κ1) is 17.2. The van der Waals surface area contributed by atoms with E-state index in [1.165, 1.54) is 38.5 Å². The Morgan fingerprint density at radius 1 is 1.19 bits per heavy atom. The predicted molar refractivity (Wildman–Crippen MR) is 89.3 cm³/mol. The first-order chi connectivity index (χ1) is 10.0. The maximum atomic E-state index is 6.35. The zero-order valence-corrected chi connectivity index (χ0v) is 14.6. The molecule has 2 fully saturated rings. The minimum atomic E-state index is 0.216. The molecule has 2 N–H and O–H groups in total. The van der Waals surface area contributed by atoms with Gasteiger partial charge in [0.05, 0.1) is 6.61 Å². The van der Waals surface area contributed by atoms with Crippen molar-refractivity contribution < 1.29 is 4.74 Å². The predicted octanol–water partition coefficient (Wildman–Crippen LogP) is 3.28. The van der Waals surface area contributed by atoms with Crippen LogP contribution in [0.15, 0.2) is 0 Å². The minimum absolute atomic E-state index is 0.216. The van der Waals surface area contributed by atoms with E-state index in [1.54, 1.807) is 0 Å². The fourth-order valence-electron chi connectivity index (χ4n) is 4.41. The quantitative estimate of drug-likeness (QED) is 0.747. The van der Waals surface area contributed by atoms with Crippen molar-refractivity contribution in [1.29, 1.82) is 0 Å². The monoisotopic (exact) mass is 296 g/mol. The Balaban J connectivity index is 2.15. The first-order valence-corrected chi connectivity index (χ1v) is 9.00. The summed E-state index contributed by atoms with van der Waals surface area (Å²) in [5.41, 5.74) is 6.57. The lowest BCUT2D eigenvalue weighted by atomic mass is 9.70. The Bertz CT molecular complexity index is 316. The van der Waals surface area contributed by atoms with Crippen LogP contribution in [0.2, 0.25) is 0 Å². The molecule has 2 saturated carbocycles. The number of hydrogen-bond acceptors (Lipinski definition) is 3. The lowest BCUT2D eigenvalue weighted by Crippen LogP contribution is -2.60. The molecule has 0 radical (unpaired) electrons. The highest BCUT2D eigenvalue weighted by Crippen LogP contribution is 2.44. The molecular weight excluding hydrogens is 260 g/mol. The molecule has 3 unspecified atom stereocenters. The molecule has 3 atom stereocenters. The van der Waals surface area contributed by atoms with Crippen molar-refractivity contribution in [2.75, 3.05) is 26.8 Å². The molecule has 3 heteroatoms. The van der Waals surface area contributed by atoms with Crippen molar-refractivity contribution in [2.24, 2.45) is 23.5 Å². The van der Waals surface area contributed by atoms with Crippen molar-refractivity contribution in [3.63, 3.8) is 0 Å². The van der Waals surface area contributed by atoms with E-state index in [9.17, 15) is 0 Å². The van der Waals surface area contributed by atoms with Crippen molar-refractivity contribution in [2.45, 2.75) is 70.9 Å². The third-order valence-corrected chi connectivity index (χ3v) is 6.12. The molecule has 0 spiro atoms. The van der Waals surface area contributed by atoms with E-state index in [0.717, 1.165) is 37.5 Å². The van der Waals surface area contributed by atoms with Crippen LogP contribution in [0.4, 0.5) is 0 Å². The fourth-order valence-corrected chi connectivity index (χ4v) is 4.41. The van der Waals surface area contributed by atoms with Crippen LogP contribution in [0.1, 0.15) is 59.3 Å². The highest BCUT2D eigenvalue weighted by molar-refractivity contribution is 5.01. The van der Waals surface area contributed by atoms with E-state index >= 15 is 0 Å². The Hall–Kier alpha value is -0.120. The average molecular weight is 296 g/mol. The summed E-state index contributed by atoms with van der Waals surface area (Å²) >= 11 is 0. The van der Waals surface area contributed by atoms with E-state index in [0.29, 0.717) is 6.04 Å². The highest BCUT2D eigenvalue weighted by atomic mass is 16.5. The fraction of sp³-hybridized carbons (Fsp3) is 1.00. The number of hydrogen-bond donors (Lipinski definition) is 1. The molecule has 0 bridgehead atoms. The molecule has 2 aliphatic rings. The standard InChI is InChI=1S/C18H36N2O/c1-14(2)17-6-5-9-18(12-17,13-19)20(10-11-21-4)15(3)16-7-8-16/h14-17H,5-13,19H2,1-4H3. The summed E-state index contributed by atoms with van der Waals surface area (Å²) in [5.74, 6) is 2.50. The lowest BCUT2D eigenvalue weighted by molar-refractivity contribution is -0.0211. The SMILES string of the molecule is COCCN(C(C)C1CC1)C1(CN)CCCC(C(C)C)C1. The van der Waals surface area contributed by atoms with Crippen LogP contribution < -0.4 is 5.73 Å². The van der Waals surface area contributed by atoms with E-state index in [-0.39, 0.29) is 5.54 Å². The van der Waals surface area contributed by atoms with Gasteiger partial charge in [-0.2, -0.15) is 0 Å². The second-order valence-electron chi connectivity index (χ2n) is 7.79. The largest absolute Gasteiger partial charge is 0.383 e. The summed E-state index contributed by atoms with van der Waals surface area (Å²) in [5, 5.41) is 0. The van der Waals surface area contributed by atoms with Gasteiger partial charge in [0.1, 0.15) is 0 Å². The Labute approximate surface area is 131 Å². The maximum absolute atomic E-state index is 6.35. The molecule has 0 aromatic carbocycles. The second-order valence-corrected chi connectivity index (χ2v) is 7.79. The first-order valence-electron chi connectivity index (χ1n) is 9.00. The summed E-state index contributed by atoms with van der Waals surface area (Å²) in [6, 6.07) is 0.662. The third kappa shape index (κ3) is 4.00. The van der Waals surface area contributed by atoms with Gasteiger partial charge < -0.3 is 10.5 Å². The van der Waals surface area contributed by atoms with Gasteiger partial charge in [0.15, 0.2) is 0 Å². The van der Waals surface area contributed by atoms with Gasteiger partial charge >= 0.3 is 0 Å². The average Bonchev–Trinajstić information content (AvgIpc) is 3.32. The topological polar surface area (TPSA) is 38.5 Å². The zero-order valence-electron chi connectivity index (χ0n) is 14.6. The van der Waals surface area contributed by atoms with Gasteiger partial charge in [0.25, 0.3) is 0 Å². The molecule has 2 rings (SSSR count). The summed E-state index contributed by atoms with van der Waals surface area (Å²) in [6.45, 7) is 9.84. The van der Waals surface area contributed by atoms with Gasteiger partial charge in [-0.15, -0.1) is 0 Å². The van der Waals surface area contributed by atoms with Crippen LogP contribution >= 0.6 is 0 Å². The lowest BCUT2D eigenvalue weighted by Gasteiger charge is -2.51. The van der Waals surface area contributed by atoms with Crippen LogP contribution in [0.5, 0.6) is 0 Å². The molecule has 3 nitrogen and oxygen atoms in total. The third-order valence-electron chi connectivity index (χ3n) is 6.12. The van der Waals surface area contributed by atoms with Gasteiger partial charge in [-0.25, -0.2) is 0 Å². The Morgan fingerprint density at radius 2 is 1.90 bits per heavy atom. The molecule has 0 amide bonds. The maximum Gasteiger partial charge on any atom is 0.0590 e. The van der Waals surface area contributed by atoms with Gasteiger partial charge in [-0.1, -0.05) is 26.7 Å². The highest BCUT2D eigenvalue weighted by Gasteiger charge is 2.45. The van der Waals surface area contributed by atoms with Crippen LogP contribution in [-0.4, -0.2) is 43.3 Å². The van der Waals surface area contributed by atoms with Crippen molar-refractivity contribution in [1.82, 2.24) is 4.90 Å². The van der Waals surface area contributed by atoms with Crippen LogP contribution in [0, 0.1) is 17.8 Å². The summed E-state index contributed by atoms with van der Waals surface area (Å²) in [7, 11) is 1.81. The summed E-state index contributed by atoms with van der Waals surface area (Å²) < 4.78 is 5.39. The summed E-state index contributed by atoms with van der Waals surface area (Å²) in [6.07, 6.45) is 8.07. The normalized spacial score (nSPS) is 31.9. The van der Waals surface area contributed by atoms with Crippen LogP contribution in [0.25, 0.3) is 0 Å². The van der Waals surface area contributed by atoms with Crippen molar-refractivity contribution in [3.05, 3.63) is 0 Å². The summed E-state index contributed by atoms with van der Waals surface area (Å²) in [4.78, 5) is 2.74. The molecule has 0 aromatic rings. The van der Waals surface area contributed by atoms with Crippen molar-refractivity contribution in [3.8, 4) is 0 Å². The van der Waals surface area contributed by atoms with Crippen LogP contribution in [-0.2, 0) is 4.74 Å². The molecular formula is C18H36N2O. The Kier molecular flexibility index (Phi) is 6.10. The number of methoxy groups -OCH3 is 1. The smallest absolute Gasteiger partial charge is 0.0590 e. The number of ether oxygens (including phenoxy) is 1. The van der Waals surface area contributed by atoms with E-state index in [4.69, 9.17) is 10.5 Å². The van der Waals surface area contributed by atoms with Gasteiger partial charge in [0, 0.05) is 31.8 Å². The minimum Gasteiger partial charge on any atom is -0.383 e. The molecule has 124 valence electrons.